The van der Waals surface area contributed by atoms with E-state index in [2.05, 4.69) is 11.4 Å². The minimum atomic E-state index is -3.46. The number of hydrogen-bond acceptors (Lipinski definition) is 5. The number of thiophene rings is 1. The van der Waals surface area contributed by atoms with Crippen molar-refractivity contribution < 1.29 is 18.3 Å². The van der Waals surface area contributed by atoms with Crippen molar-refractivity contribution in [1.29, 1.82) is 0 Å². The third kappa shape index (κ3) is 6.16. The van der Waals surface area contributed by atoms with Gasteiger partial charge in [0, 0.05) is 12.6 Å². The van der Waals surface area contributed by atoms with Crippen LogP contribution < -0.4 is 9.62 Å². The highest BCUT2D eigenvalue weighted by Gasteiger charge is 2.20. The SMILES string of the molecule is CN(c1cc(C=CC2CC2)cc(C(=O)N[C@H](CO)Cc2ccsc2)c1)S(C)(=O)=O. The molecule has 3 rings (SSSR count). The first-order chi connectivity index (χ1) is 13.8. The first-order valence-electron chi connectivity index (χ1n) is 9.46. The van der Waals surface area contributed by atoms with Gasteiger partial charge in [-0.15, -0.1) is 0 Å². The molecular formula is C21H26N2O4S2. The highest BCUT2D eigenvalue weighted by atomic mass is 32.2. The Morgan fingerprint density at radius 3 is 2.72 bits per heavy atom. The number of amides is 1. The van der Waals surface area contributed by atoms with E-state index >= 15 is 0 Å². The van der Waals surface area contributed by atoms with E-state index in [1.807, 2.05) is 22.9 Å². The van der Waals surface area contributed by atoms with Crippen LogP contribution in [0.4, 0.5) is 5.69 Å². The number of anilines is 1. The van der Waals surface area contributed by atoms with Gasteiger partial charge in [-0.05, 0) is 71.3 Å². The number of carbonyl (C=O) groups excluding carboxylic acids is 1. The molecule has 1 atom stereocenters. The Morgan fingerprint density at radius 2 is 2.14 bits per heavy atom. The van der Waals surface area contributed by atoms with Crippen LogP contribution in [0.5, 0.6) is 0 Å². The number of aliphatic hydroxyl groups excluding tert-OH is 1. The van der Waals surface area contributed by atoms with E-state index in [1.165, 1.54) is 7.05 Å². The summed E-state index contributed by atoms with van der Waals surface area (Å²) in [6.45, 7) is -0.182. The lowest BCUT2D eigenvalue weighted by atomic mass is 10.1. The van der Waals surface area contributed by atoms with E-state index in [4.69, 9.17) is 0 Å². The third-order valence-corrected chi connectivity index (χ3v) is 6.80. The zero-order chi connectivity index (χ0) is 21.0. The van der Waals surface area contributed by atoms with Crippen LogP contribution in [-0.2, 0) is 16.4 Å². The van der Waals surface area contributed by atoms with Gasteiger partial charge in [-0.2, -0.15) is 11.3 Å². The van der Waals surface area contributed by atoms with Gasteiger partial charge < -0.3 is 10.4 Å². The van der Waals surface area contributed by atoms with Crippen LogP contribution in [0.2, 0.25) is 0 Å². The number of allylic oxidation sites excluding steroid dienone is 1. The fourth-order valence-electron chi connectivity index (χ4n) is 2.89. The number of rotatable bonds is 9. The van der Waals surface area contributed by atoms with E-state index in [9.17, 15) is 18.3 Å². The molecule has 0 saturated heterocycles. The molecule has 1 heterocycles. The summed E-state index contributed by atoms with van der Waals surface area (Å²) in [6.07, 6.45) is 8.00. The van der Waals surface area contributed by atoms with Gasteiger partial charge in [0.05, 0.1) is 24.6 Å². The van der Waals surface area contributed by atoms with Crippen LogP contribution in [0.3, 0.4) is 0 Å². The molecule has 1 amide bonds. The van der Waals surface area contributed by atoms with E-state index in [0.717, 1.165) is 34.5 Å². The van der Waals surface area contributed by atoms with Gasteiger partial charge in [0.2, 0.25) is 10.0 Å². The standard InChI is InChI=1S/C21H26N2O4S2/c1-23(29(2,26)27)20-11-16(6-5-15-3-4-15)9-18(12-20)21(25)22-19(13-24)10-17-7-8-28-14-17/h5-9,11-12,14-15,19,24H,3-4,10,13H2,1-2H3,(H,22,25)/t19-/m0/s1. The van der Waals surface area contributed by atoms with Gasteiger partial charge in [-0.3, -0.25) is 9.10 Å². The number of aliphatic hydroxyl groups is 1. The summed E-state index contributed by atoms with van der Waals surface area (Å²) in [6, 6.07) is 6.60. The quantitative estimate of drug-likeness (QED) is 0.635. The van der Waals surface area contributed by atoms with Crippen molar-refractivity contribution >= 4 is 39.0 Å². The van der Waals surface area contributed by atoms with Crippen molar-refractivity contribution in [2.24, 2.45) is 5.92 Å². The monoisotopic (exact) mass is 434 g/mol. The summed E-state index contributed by atoms with van der Waals surface area (Å²) in [5.41, 5.74) is 2.60. The maximum absolute atomic E-state index is 12.9. The lowest BCUT2D eigenvalue weighted by molar-refractivity contribution is 0.0916. The number of carbonyl (C=O) groups is 1. The molecule has 6 nitrogen and oxygen atoms in total. The second-order valence-corrected chi connectivity index (χ2v) is 10.2. The zero-order valence-electron chi connectivity index (χ0n) is 16.5. The van der Waals surface area contributed by atoms with Crippen molar-refractivity contribution in [3.63, 3.8) is 0 Å². The summed E-state index contributed by atoms with van der Waals surface area (Å²) in [5, 5.41) is 16.5. The van der Waals surface area contributed by atoms with Crippen LogP contribution in [0, 0.1) is 5.92 Å². The number of nitrogens with zero attached hydrogens (tertiary/aromatic N) is 1. The van der Waals surface area contributed by atoms with Crippen molar-refractivity contribution in [3.05, 3.63) is 57.8 Å². The summed E-state index contributed by atoms with van der Waals surface area (Å²) in [4.78, 5) is 12.9. The first-order valence-corrected chi connectivity index (χ1v) is 12.3. The van der Waals surface area contributed by atoms with E-state index in [1.54, 1.807) is 29.5 Å². The number of hydrogen-bond donors (Lipinski definition) is 2. The molecule has 1 saturated carbocycles. The number of benzene rings is 1. The van der Waals surface area contributed by atoms with Crippen molar-refractivity contribution in [2.45, 2.75) is 25.3 Å². The highest BCUT2D eigenvalue weighted by Crippen LogP contribution is 2.31. The maximum Gasteiger partial charge on any atom is 0.251 e. The fourth-order valence-corrected chi connectivity index (χ4v) is 4.06. The maximum atomic E-state index is 12.9. The van der Waals surface area contributed by atoms with Crippen molar-refractivity contribution in [3.8, 4) is 0 Å². The molecule has 0 unspecified atom stereocenters. The summed E-state index contributed by atoms with van der Waals surface area (Å²) >= 11 is 1.57. The Kier molecular flexibility index (Phi) is 6.77. The van der Waals surface area contributed by atoms with Gasteiger partial charge in [-0.1, -0.05) is 12.2 Å². The normalized spacial score (nSPS) is 15.4. The minimum Gasteiger partial charge on any atom is -0.394 e. The fraction of sp³-hybridized carbons (Fsp3) is 0.381. The average molecular weight is 435 g/mol. The van der Waals surface area contributed by atoms with Gasteiger partial charge in [-0.25, -0.2) is 8.42 Å². The number of sulfonamides is 1. The second kappa shape index (κ2) is 9.11. The predicted molar refractivity (Wildman–Crippen MR) is 118 cm³/mol. The lowest BCUT2D eigenvalue weighted by Crippen LogP contribution is -2.39. The zero-order valence-corrected chi connectivity index (χ0v) is 18.2. The molecule has 0 bridgehead atoms. The molecule has 0 aliphatic heterocycles. The molecule has 1 aliphatic rings. The minimum absolute atomic E-state index is 0.182. The van der Waals surface area contributed by atoms with Gasteiger partial charge in [0.25, 0.3) is 5.91 Å². The van der Waals surface area contributed by atoms with Gasteiger partial charge in [0.15, 0.2) is 0 Å². The summed E-state index contributed by atoms with van der Waals surface area (Å²) < 4.78 is 25.1. The van der Waals surface area contributed by atoms with Crippen molar-refractivity contribution in [1.82, 2.24) is 5.32 Å². The van der Waals surface area contributed by atoms with Crippen LogP contribution in [0.1, 0.15) is 34.3 Å². The van der Waals surface area contributed by atoms with Gasteiger partial charge in [0.1, 0.15) is 0 Å². The molecule has 29 heavy (non-hydrogen) atoms. The average Bonchev–Trinajstić information content (AvgIpc) is 3.38. The Bertz CT molecular complexity index is 980. The molecule has 8 heteroatoms. The topological polar surface area (TPSA) is 86.7 Å². The molecule has 0 spiro atoms. The first kappa shape index (κ1) is 21.5. The molecule has 0 radical (unpaired) electrons. The second-order valence-electron chi connectivity index (χ2n) is 7.43. The van der Waals surface area contributed by atoms with Crippen LogP contribution >= 0.6 is 11.3 Å². The van der Waals surface area contributed by atoms with Crippen LogP contribution in [0.25, 0.3) is 6.08 Å². The predicted octanol–water partition coefficient (Wildman–Crippen LogP) is 2.90. The molecule has 2 aromatic rings. The van der Waals surface area contributed by atoms with E-state index in [0.29, 0.717) is 23.6 Å². The number of nitrogens with one attached hydrogen (secondary N) is 1. The smallest absolute Gasteiger partial charge is 0.251 e. The molecule has 1 fully saturated rings. The largest absolute Gasteiger partial charge is 0.394 e. The molecule has 156 valence electrons. The van der Waals surface area contributed by atoms with Crippen LogP contribution in [0.15, 0.2) is 41.1 Å². The molecular weight excluding hydrogens is 408 g/mol. The molecule has 1 aromatic carbocycles. The third-order valence-electron chi connectivity index (χ3n) is 4.86. The Labute approximate surface area is 175 Å². The highest BCUT2D eigenvalue weighted by molar-refractivity contribution is 7.92. The Hall–Kier alpha value is -2.16. The summed E-state index contributed by atoms with van der Waals surface area (Å²) in [7, 11) is -1.99. The van der Waals surface area contributed by atoms with Crippen molar-refractivity contribution in [2.75, 3.05) is 24.2 Å². The van der Waals surface area contributed by atoms with Crippen LogP contribution in [-0.4, -0.2) is 45.4 Å². The van der Waals surface area contributed by atoms with E-state index in [-0.39, 0.29) is 12.5 Å². The van der Waals surface area contributed by atoms with Gasteiger partial charge >= 0.3 is 0 Å². The lowest BCUT2D eigenvalue weighted by Gasteiger charge is -2.20. The summed E-state index contributed by atoms with van der Waals surface area (Å²) in [5.74, 6) is 0.219. The van der Waals surface area contributed by atoms with E-state index < -0.39 is 16.1 Å². The molecule has 1 aliphatic carbocycles. The molecule has 2 N–H and O–H groups in total. The Morgan fingerprint density at radius 1 is 1.38 bits per heavy atom. The Balaban J connectivity index is 1.84. The molecule has 1 aromatic heterocycles.